The van der Waals surface area contributed by atoms with Crippen LogP contribution in [-0.4, -0.2) is 15.0 Å². The van der Waals surface area contributed by atoms with Crippen molar-refractivity contribution < 1.29 is 28.6 Å². The largest absolute Gasteiger partial charge is 0.500 e. The summed E-state index contributed by atoms with van der Waals surface area (Å²) in [6.07, 6.45) is 7.07. The number of pyridine rings is 3. The Morgan fingerprint density at radius 3 is 2.31 bits per heavy atom. The first-order chi connectivity index (χ1) is 26.2. The Kier molecular flexibility index (Phi) is 8.86. The zero-order valence-electron chi connectivity index (χ0n) is 31.9. The van der Waals surface area contributed by atoms with Crippen LogP contribution < -0.4 is 0 Å². The molecule has 0 fully saturated rings. The zero-order chi connectivity index (χ0) is 37.4. The third-order valence-electron chi connectivity index (χ3n) is 9.39. The summed E-state index contributed by atoms with van der Waals surface area (Å²) in [4.78, 5) is 13.3. The van der Waals surface area contributed by atoms with E-state index in [2.05, 4.69) is 104 Å². The summed E-state index contributed by atoms with van der Waals surface area (Å²) in [5.41, 5.74) is 13.4. The van der Waals surface area contributed by atoms with Crippen molar-refractivity contribution in [3.05, 3.63) is 174 Å². The van der Waals surface area contributed by atoms with E-state index < -0.39 is 6.85 Å². The molecule has 0 aliphatic heterocycles. The summed E-state index contributed by atoms with van der Waals surface area (Å²) in [6.45, 7) is 4.41. The molecule has 4 nitrogen and oxygen atoms in total. The van der Waals surface area contributed by atoms with Gasteiger partial charge in [0.05, 0.1) is 5.58 Å². The van der Waals surface area contributed by atoms with Gasteiger partial charge in [-0.15, -0.1) is 54.1 Å². The van der Waals surface area contributed by atoms with Crippen LogP contribution in [0.2, 0.25) is 0 Å². The third kappa shape index (κ3) is 6.57. The molecule has 1 radical (unpaired) electrons. The molecule has 9 rings (SSSR count). The summed E-state index contributed by atoms with van der Waals surface area (Å²) in [7, 11) is 0. The van der Waals surface area contributed by atoms with Crippen LogP contribution in [0.5, 0.6) is 0 Å². The smallest absolute Gasteiger partial charge is 0.129 e. The van der Waals surface area contributed by atoms with Gasteiger partial charge in [-0.05, 0) is 95.5 Å². The van der Waals surface area contributed by atoms with Crippen molar-refractivity contribution in [1.82, 2.24) is 15.0 Å². The summed E-state index contributed by atoms with van der Waals surface area (Å²) >= 11 is 0. The molecular weight excluding hydrogens is 815 g/mol. The van der Waals surface area contributed by atoms with Gasteiger partial charge in [-0.25, -0.2) is 0 Å². The third-order valence-corrected chi connectivity index (χ3v) is 9.39. The van der Waals surface area contributed by atoms with Gasteiger partial charge < -0.3 is 14.4 Å². The van der Waals surface area contributed by atoms with Crippen molar-refractivity contribution in [1.29, 1.82) is 0 Å². The molecule has 0 atom stereocenters. The Bertz CT molecular complexity index is 2780. The number of aromatic nitrogens is 3. The van der Waals surface area contributed by atoms with Gasteiger partial charge in [0.25, 0.3) is 0 Å². The second kappa shape index (κ2) is 14.9. The number of hydrogen-bond acceptors (Lipinski definition) is 4. The average Bonchev–Trinajstić information content (AvgIpc) is 3.61. The van der Waals surface area contributed by atoms with Gasteiger partial charge in [-0.2, -0.15) is 0 Å². The zero-order valence-corrected chi connectivity index (χ0v) is 31.3. The summed E-state index contributed by atoms with van der Waals surface area (Å²) in [6, 6.07) is 44.5. The van der Waals surface area contributed by atoms with Crippen molar-refractivity contribution in [2.45, 2.75) is 27.6 Å². The fourth-order valence-corrected chi connectivity index (χ4v) is 6.71. The number of benzene rings is 5. The molecule has 0 unspecified atom stereocenters. The Morgan fingerprint density at radius 2 is 1.52 bits per heavy atom. The maximum Gasteiger partial charge on any atom is 0.129 e. The van der Waals surface area contributed by atoms with Crippen LogP contribution in [-0.2, 0) is 20.1 Å². The fraction of sp³-hybridized carbons (Fsp3) is 0.0851. The topological polar surface area (TPSA) is 51.8 Å². The van der Waals surface area contributed by atoms with Gasteiger partial charge in [0.15, 0.2) is 0 Å². The molecule has 0 amide bonds. The second-order valence-electron chi connectivity index (χ2n) is 12.6. The Balaban J connectivity index is 0.000000231. The number of rotatable bonds is 4. The van der Waals surface area contributed by atoms with Crippen LogP contribution in [0.1, 0.15) is 26.4 Å². The molecule has 0 bridgehead atoms. The number of furan rings is 1. The molecule has 5 heteroatoms. The Hall–Kier alpha value is -5.74. The van der Waals surface area contributed by atoms with Crippen LogP contribution in [0.4, 0.5) is 0 Å². The van der Waals surface area contributed by atoms with Crippen molar-refractivity contribution in [3.63, 3.8) is 0 Å². The fourth-order valence-electron chi connectivity index (χ4n) is 6.71. The van der Waals surface area contributed by atoms with E-state index in [0.29, 0.717) is 0 Å². The molecule has 0 N–H and O–H groups in total. The van der Waals surface area contributed by atoms with Crippen LogP contribution >= 0.6 is 0 Å². The maximum atomic E-state index is 7.23. The molecule has 5 aromatic carbocycles. The normalized spacial score (nSPS) is 12.0. The molecule has 4 aromatic heterocycles. The molecule has 9 aromatic rings. The van der Waals surface area contributed by atoms with Gasteiger partial charge in [0, 0.05) is 65.3 Å². The van der Waals surface area contributed by atoms with E-state index in [4.69, 9.17) is 13.5 Å². The molecule has 4 heterocycles. The van der Waals surface area contributed by atoms with Gasteiger partial charge >= 0.3 is 0 Å². The molecule has 0 saturated carbocycles. The van der Waals surface area contributed by atoms with Crippen molar-refractivity contribution >= 4 is 32.7 Å². The molecule has 0 spiro atoms. The van der Waals surface area contributed by atoms with Gasteiger partial charge in [0.1, 0.15) is 5.58 Å². The number of fused-ring (bicyclic) bond motifs is 4. The van der Waals surface area contributed by atoms with Crippen LogP contribution in [0.25, 0.3) is 77.5 Å². The average molecular weight is 853 g/mol. The van der Waals surface area contributed by atoms with Crippen LogP contribution in [0, 0.1) is 39.8 Å². The molecule has 52 heavy (non-hydrogen) atoms. The standard InChI is InChI=1S/C35H25N2O.C12H10N.Ir/c1-21-12-13-29(33-23(3)22(2)18-26-14-16-36-20-30(26)33)35-32(21)28-11-7-10-27(34(28)38-35)31-19-25(15-17-37-31)24-8-5-4-6-9-24;1-10-7-8-12(13-9-10)11-5-3-2-4-6-11;/h4-9,11-20H,1-3H3;2-5,7-9H,1H3;/q2*-1;/i;1D3;. The molecule has 0 aliphatic carbocycles. The SMILES string of the molecule is Cc1cc2ccncc2c(-c2ccc(C)c3c2oc2c(-c4cc(-c5ccccc5)ccn4)[c-]ccc23)c1C.[2H]C([2H])([2H])c1ccc(-c2[c-]cccc2)nc1.[Ir]. The minimum Gasteiger partial charge on any atom is -0.500 e. The minimum absolute atomic E-state index is 0. The van der Waals surface area contributed by atoms with Crippen LogP contribution in [0.3, 0.4) is 0 Å². The first-order valence-electron chi connectivity index (χ1n) is 18.3. The minimum atomic E-state index is -2.09. The van der Waals surface area contributed by atoms with Crippen LogP contribution in [0.15, 0.2) is 144 Å². The van der Waals surface area contributed by atoms with E-state index >= 15 is 0 Å². The monoisotopic (exact) mass is 853 g/mol. The van der Waals surface area contributed by atoms with Gasteiger partial charge in [-0.1, -0.05) is 77.7 Å². The summed E-state index contributed by atoms with van der Waals surface area (Å²) in [5, 5.41) is 4.52. The predicted octanol–water partition coefficient (Wildman–Crippen LogP) is 12.1. The van der Waals surface area contributed by atoms with E-state index in [1.807, 2.05) is 55.0 Å². The van der Waals surface area contributed by atoms with Gasteiger partial charge in [0.2, 0.25) is 0 Å². The quantitative estimate of drug-likeness (QED) is 0.166. The summed E-state index contributed by atoms with van der Waals surface area (Å²) in [5.74, 6) is 0. The predicted molar refractivity (Wildman–Crippen MR) is 209 cm³/mol. The molecular formula is C47H35IrN3O-2. The van der Waals surface area contributed by atoms with E-state index in [1.165, 1.54) is 33.8 Å². The van der Waals surface area contributed by atoms with E-state index in [0.717, 1.165) is 66.5 Å². The van der Waals surface area contributed by atoms with Crippen molar-refractivity contribution in [2.75, 3.05) is 0 Å². The van der Waals surface area contributed by atoms with Crippen molar-refractivity contribution in [2.24, 2.45) is 0 Å². The van der Waals surface area contributed by atoms with E-state index in [1.54, 1.807) is 18.2 Å². The van der Waals surface area contributed by atoms with E-state index in [9.17, 15) is 0 Å². The summed E-state index contributed by atoms with van der Waals surface area (Å²) < 4.78 is 28.5. The second-order valence-corrected chi connectivity index (χ2v) is 12.6. The number of nitrogens with zero attached hydrogens (tertiary/aromatic N) is 3. The Morgan fingerprint density at radius 1 is 0.654 bits per heavy atom. The molecule has 0 aliphatic rings. The first-order valence-corrected chi connectivity index (χ1v) is 16.8. The number of hydrogen-bond donors (Lipinski definition) is 0. The Labute approximate surface area is 321 Å². The van der Waals surface area contributed by atoms with E-state index in [-0.39, 0.29) is 25.7 Å². The van der Waals surface area contributed by atoms with Gasteiger partial charge in [-0.3, -0.25) is 4.98 Å². The van der Waals surface area contributed by atoms with Crippen molar-refractivity contribution in [3.8, 4) is 44.8 Å². The number of aryl methyl sites for hydroxylation is 3. The first kappa shape index (κ1) is 31.0. The maximum absolute atomic E-state index is 7.23. The molecule has 0 saturated heterocycles. The molecule has 255 valence electrons.